The molecule has 5 rings (SSSR count). The van der Waals surface area contributed by atoms with Gasteiger partial charge >= 0.3 is 6.18 Å². The van der Waals surface area contributed by atoms with Crippen molar-refractivity contribution < 1.29 is 17.9 Å². The molecule has 0 amide bonds. The van der Waals surface area contributed by atoms with E-state index in [1.165, 1.54) is 12.3 Å². The van der Waals surface area contributed by atoms with Crippen LogP contribution in [0.2, 0.25) is 5.02 Å². The molecule has 0 spiro atoms. The second-order valence-corrected chi connectivity index (χ2v) is 9.32. The van der Waals surface area contributed by atoms with E-state index in [-0.39, 0.29) is 11.9 Å². The van der Waals surface area contributed by atoms with Crippen LogP contribution in [0.5, 0.6) is 0 Å². The molecule has 2 aliphatic rings. The highest BCUT2D eigenvalue weighted by molar-refractivity contribution is 6.30. The standard InChI is InChI=1S/C25H26ClF3N6O/c1-17-16-34(23-20(25(27,28)29)6-3-7-30-23)8-9-35(17)22-15-21(18-4-2-5-19(26)14-18)31-24(32-22)33-10-12-36-13-11-33/h2-7,14-15,17H,8-13,16H2,1H3/t17-/m1/s1. The normalized spacial score (nSPS) is 19.0. The summed E-state index contributed by atoms with van der Waals surface area (Å²) in [5, 5.41) is 0.610. The van der Waals surface area contributed by atoms with Crippen molar-refractivity contribution in [2.75, 3.05) is 60.6 Å². The average Bonchev–Trinajstić information content (AvgIpc) is 2.88. The van der Waals surface area contributed by atoms with Crippen LogP contribution in [-0.2, 0) is 10.9 Å². The number of hydrogen-bond acceptors (Lipinski definition) is 7. The molecule has 3 aromatic rings. The Kier molecular flexibility index (Phi) is 6.90. The molecule has 0 radical (unpaired) electrons. The summed E-state index contributed by atoms with van der Waals surface area (Å²) in [7, 11) is 0. The van der Waals surface area contributed by atoms with Crippen molar-refractivity contribution in [2.45, 2.75) is 19.1 Å². The molecule has 0 unspecified atom stereocenters. The van der Waals surface area contributed by atoms with Gasteiger partial charge in [-0.2, -0.15) is 18.2 Å². The summed E-state index contributed by atoms with van der Waals surface area (Å²) in [4.78, 5) is 19.7. The molecule has 4 heterocycles. The van der Waals surface area contributed by atoms with Crippen LogP contribution in [0.1, 0.15) is 12.5 Å². The van der Waals surface area contributed by atoms with E-state index in [1.54, 1.807) is 4.90 Å². The van der Waals surface area contributed by atoms with Crippen molar-refractivity contribution in [3.05, 3.63) is 59.2 Å². The topological polar surface area (TPSA) is 57.6 Å². The fourth-order valence-corrected chi connectivity index (χ4v) is 4.82. The molecule has 1 aromatic carbocycles. The largest absolute Gasteiger partial charge is 0.419 e. The molecule has 2 aromatic heterocycles. The quantitative estimate of drug-likeness (QED) is 0.493. The molecule has 36 heavy (non-hydrogen) atoms. The number of aromatic nitrogens is 3. The lowest BCUT2D eigenvalue weighted by atomic mass is 10.1. The van der Waals surface area contributed by atoms with Gasteiger partial charge in [-0.1, -0.05) is 23.7 Å². The van der Waals surface area contributed by atoms with Gasteiger partial charge in [0.15, 0.2) is 0 Å². The van der Waals surface area contributed by atoms with Gasteiger partial charge in [0.1, 0.15) is 11.6 Å². The first-order valence-corrected chi connectivity index (χ1v) is 12.2. The zero-order chi connectivity index (χ0) is 25.3. The SMILES string of the molecule is C[C@@H]1CN(c2ncccc2C(F)(F)F)CCN1c1cc(-c2cccc(Cl)c2)nc(N2CCOCC2)n1. The van der Waals surface area contributed by atoms with Crippen LogP contribution in [-0.4, -0.2) is 66.9 Å². The number of anilines is 3. The number of benzene rings is 1. The summed E-state index contributed by atoms with van der Waals surface area (Å²) in [6.45, 7) is 5.80. The van der Waals surface area contributed by atoms with Gasteiger partial charge in [0.2, 0.25) is 5.95 Å². The van der Waals surface area contributed by atoms with Gasteiger partial charge in [-0.05, 0) is 31.2 Å². The number of piperazine rings is 1. The van der Waals surface area contributed by atoms with Gasteiger partial charge in [-0.15, -0.1) is 0 Å². The first-order chi connectivity index (χ1) is 17.3. The van der Waals surface area contributed by atoms with Crippen LogP contribution in [0, 0.1) is 0 Å². The van der Waals surface area contributed by atoms with Gasteiger partial charge in [-0.3, -0.25) is 0 Å². The van der Waals surface area contributed by atoms with Crippen LogP contribution >= 0.6 is 11.6 Å². The van der Waals surface area contributed by atoms with E-state index in [0.29, 0.717) is 56.9 Å². The Labute approximate surface area is 212 Å². The number of morpholine rings is 1. The van der Waals surface area contributed by atoms with Crippen LogP contribution in [0.25, 0.3) is 11.3 Å². The van der Waals surface area contributed by atoms with Crippen LogP contribution in [0.3, 0.4) is 0 Å². The van der Waals surface area contributed by atoms with E-state index < -0.39 is 11.7 Å². The molecule has 0 aliphatic carbocycles. The van der Waals surface area contributed by atoms with Crippen LogP contribution < -0.4 is 14.7 Å². The zero-order valence-corrected chi connectivity index (χ0v) is 20.5. The number of ether oxygens (including phenoxy) is 1. The summed E-state index contributed by atoms with van der Waals surface area (Å²) in [6, 6.07) is 11.7. The van der Waals surface area contributed by atoms with Gasteiger partial charge in [0, 0.05) is 61.6 Å². The van der Waals surface area contributed by atoms with Crippen molar-refractivity contribution in [3.63, 3.8) is 0 Å². The number of rotatable bonds is 4. The first-order valence-electron chi connectivity index (χ1n) is 11.8. The minimum Gasteiger partial charge on any atom is -0.378 e. The molecule has 2 aliphatic heterocycles. The maximum atomic E-state index is 13.6. The van der Waals surface area contributed by atoms with E-state index in [4.69, 9.17) is 26.3 Å². The Morgan fingerprint density at radius 1 is 0.972 bits per heavy atom. The summed E-state index contributed by atoms with van der Waals surface area (Å²) < 4.78 is 46.2. The molecule has 2 fully saturated rings. The monoisotopic (exact) mass is 518 g/mol. The third-order valence-corrected chi connectivity index (χ3v) is 6.66. The Morgan fingerprint density at radius 3 is 2.50 bits per heavy atom. The fourth-order valence-electron chi connectivity index (χ4n) is 4.63. The molecule has 190 valence electrons. The number of hydrogen-bond donors (Lipinski definition) is 0. The highest BCUT2D eigenvalue weighted by Gasteiger charge is 2.37. The number of nitrogens with zero attached hydrogens (tertiary/aromatic N) is 6. The molecular weight excluding hydrogens is 493 g/mol. The van der Waals surface area contributed by atoms with Gasteiger partial charge in [-0.25, -0.2) is 9.97 Å². The lowest BCUT2D eigenvalue weighted by Crippen LogP contribution is -2.53. The highest BCUT2D eigenvalue weighted by atomic mass is 35.5. The van der Waals surface area contributed by atoms with Gasteiger partial charge in [0.05, 0.1) is 24.5 Å². The molecule has 0 saturated carbocycles. The molecule has 0 N–H and O–H groups in total. The average molecular weight is 519 g/mol. The summed E-state index contributed by atoms with van der Waals surface area (Å²) in [6.07, 6.45) is -3.06. The van der Waals surface area contributed by atoms with Crippen molar-refractivity contribution in [2.24, 2.45) is 0 Å². The summed E-state index contributed by atoms with van der Waals surface area (Å²) >= 11 is 6.24. The minimum absolute atomic E-state index is 0.0344. The van der Waals surface area contributed by atoms with E-state index in [1.807, 2.05) is 37.3 Å². The lowest BCUT2D eigenvalue weighted by Gasteiger charge is -2.42. The van der Waals surface area contributed by atoms with Crippen LogP contribution in [0.15, 0.2) is 48.7 Å². The summed E-state index contributed by atoms with van der Waals surface area (Å²) in [5.41, 5.74) is 0.892. The Balaban J connectivity index is 1.46. The highest BCUT2D eigenvalue weighted by Crippen LogP contribution is 2.36. The third kappa shape index (κ3) is 5.19. The third-order valence-electron chi connectivity index (χ3n) is 6.43. The van der Waals surface area contributed by atoms with Gasteiger partial charge in [0.25, 0.3) is 0 Å². The Bertz CT molecular complexity index is 1220. The number of pyridine rings is 1. The predicted octanol–water partition coefficient (Wildman–Crippen LogP) is 4.76. The Hall–Kier alpha value is -3.11. The van der Waals surface area contributed by atoms with Crippen LogP contribution in [0.4, 0.5) is 30.8 Å². The minimum atomic E-state index is -4.46. The van der Waals surface area contributed by atoms with E-state index in [0.717, 1.165) is 23.1 Å². The molecule has 7 nitrogen and oxygen atoms in total. The maximum Gasteiger partial charge on any atom is 0.419 e. The second kappa shape index (κ2) is 10.1. The lowest BCUT2D eigenvalue weighted by molar-refractivity contribution is -0.137. The number of alkyl halides is 3. The van der Waals surface area contributed by atoms with Crippen molar-refractivity contribution in [3.8, 4) is 11.3 Å². The smallest absolute Gasteiger partial charge is 0.378 e. The molecule has 1 atom stereocenters. The molecule has 11 heteroatoms. The van der Waals surface area contributed by atoms with E-state index in [2.05, 4.69) is 14.8 Å². The zero-order valence-electron chi connectivity index (χ0n) is 19.7. The van der Waals surface area contributed by atoms with Crippen molar-refractivity contribution >= 4 is 29.2 Å². The molecule has 2 saturated heterocycles. The molecule has 0 bridgehead atoms. The molecular formula is C25H26ClF3N6O. The maximum absolute atomic E-state index is 13.6. The number of halogens is 4. The Morgan fingerprint density at radius 2 is 1.78 bits per heavy atom. The fraction of sp³-hybridized carbons (Fsp3) is 0.400. The van der Waals surface area contributed by atoms with Gasteiger partial charge < -0.3 is 19.4 Å². The van der Waals surface area contributed by atoms with E-state index >= 15 is 0 Å². The van der Waals surface area contributed by atoms with E-state index in [9.17, 15) is 13.2 Å². The van der Waals surface area contributed by atoms with Crippen molar-refractivity contribution in [1.29, 1.82) is 0 Å². The summed E-state index contributed by atoms with van der Waals surface area (Å²) in [5.74, 6) is 1.29. The second-order valence-electron chi connectivity index (χ2n) is 8.88. The predicted molar refractivity (Wildman–Crippen MR) is 134 cm³/mol. The van der Waals surface area contributed by atoms with Crippen molar-refractivity contribution in [1.82, 2.24) is 15.0 Å². The first kappa shape index (κ1) is 24.6.